The van der Waals surface area contributed by atoms with E-state index in [1.807, 2.05) is 0 Å². The average molecular weight is 938 g/mol. The van der Waals surface area contributed by atoms with Gasteiger partial charge in [0, 0.05) is 6.42 Å². The average Bonchev–Trinajstić information content (AvgIpc) is 3.31. The fourth-order valence-electron chi connectivity index (χ4n) is 8.09. The molecule has 12 atom stereocenters. The van der Waals surface area contributed by atoms with Crippen LogP contribution in [0.3, 0.4) is 0 Å². The molecule has 2 fully saturated rings. The predicted octanol–water partition coefficient (Wildman–Crippen LogP) is 6.66. The number of carbonyl (C=O) groups is 1. The number of allylic oxidation sites excluding steroid dienone is 10. The van der Waals surface area contributed by atoms with Gasteiger partial charge in [0.05, 0.1) is 32.0 Å². The van der Waals surface area contributed by atoms with E-state index in [9.17, 15) is 45.6 Å². The van der Waals surface area contributed by atoms with Crippen molar-refractivity contribution >= 4 is 5.91 Å². The highest BCUT2D eigenvalue weighted by Gasteiger charge is 2.51. The minimum atomic E-state index is -1.79. The number of aliphatic hydroxyl groups is 8. The lowest BCUT2D eigenvalue weighted by molar-refractivity contribution is -0.359. The lowest BCUT2D eigenvalue weighted by Crippen LogP contribution is -2.65. The standard InChI is InChI=1S/C52H91NO13/c1-3-5-7-9-11-13-15-17-18-19-20-21-22-24-26-28-30-32-34-36-44(57)53-40(41(56)35-33-31-29-27-25-23-16-14-12-10-8-6-4-2)39-63-51-49(62)47(60)50(43(38-55)65-51)66-52-48(61)46(59)45(58)42(37-54)64-52/h5,7,11,13,17-18,20-21,24,26,40-43,45-52,54-56,58-62H,3-4,6,8-10,12,14-16,19,22-23,25,27-39H2,1-2H3,(H,53,57)/b7-5-,13-11-,18-17-,21-20-,26-24-. The van der Waals surface area contributed by atoms with Crippen LogP contribution in [0.4, 0.5) is 0 Å². The van der Waals surface area contributed by atoms with E-state index < -0.39 is 86.8 Å². The van der Waals surface area contributed by atoms with Crippen LogP contribution in [0.2, 0.25) is 0 Å². The van der Waals surface area contributed by atoms with Gasteiger partial charge in [-0.15, -0.1) is 0 Å². The predicted molar refractivity (Wildman–Crippen MR) is 258 cm³/mol. The maximum absolute atomic E-state index is 13.2. The van der Waals surface area contributed by atoms with E-state index in [-0.39, 0.29) is 18.9 Å². The lowest BCUT2D eigenvalue weighted by Gasteiger charge is -2.46. The van der Waals surface area contributed by atoms with Gasteiger partial charge in [0.2, 0.25) is 5.91 Å². The SMILES string of the molecule is CC/C=C\C/C=C\C/C=C\C/C=C\C/C=C\CCCCCC(=O)NC(COC1OC(CO)C(OC2OC(CO)C(O)C(O)C2O)C(O)C1O)C(O)CCCCCCCCCCCCCCC. The number of hydrogen-bond acceptors (Lipinski definition) is 13. The van der Waals surface area contributed by atoms with E-state index in [1.54, 1.807) is 0 Å². The number of hydrogen-bond donors (Lipinski definition) is 9. The van der Waals surface area contributed by atoms with Crippen LogP contribution in [0.5, 0.6) is 0 Å². The Balaban J connectivity index is 1.85. The van der Waals surface area contributed by atoms with Gasteiger partial charge in [0.1, 0.15) is 48.8 Å². The van der Waals surface area contributed by atoms with Crippen LogP contribution in [0.25, 0.3) is 0 Å². The first-order chi connectivity index (χ1) is 32.1. The van der Waals surface area contributed by atoms with Crippen molar-refractivity contribution in [2.45, 2.75) is 242 Å². The Bertz CT molecular complexity index is 1340. The van der Waals surface area contributed by atoms with Crippen molar-refractivity contribution in [1.82, 2.24) is 5.32 Å². The fraction of sp³-hybridized carbons (Fsp3) is 0.788. The molecule has 2 heterocycles. The van der Waals surface area contributed by atoms with Gasteiger partial charge in [-0.3, -0.25) is 4.79 Å². The summed E-state index contributed by atoms with van der Waals surface area (Å²) in [7, 11) is 0. The molecule has 2 aliphatic heterocycles. The second-order valence-electron chi connectivity index (χ2n) is 17.9. The van der Waals surface area contributed by atoms with Gasteiger partial charge in [0.25, 0.3) is 0 Å². The molecular weight excluding hydrogens is 847 g/mol. The number of nitrogens with one attached hydrogen (secondary N) is 1. The zero-order valence-corrected chi connectivity index (χ0v) is 40.4. The highest BCUT2D eigenvalue weighted by molar-refractivity contribution is 5.76. The molecule has 0 bridgehead atoms. The molecule has 2 saturated heterocycles. The summed E-state index contributed by atoms with van der Waals surface area (Å²) in [6.07, 6.45) is 29.3. The number of carbonyl (C=O) groups excluding carboxylic acids is 1. The van der Waals surface area contributed by atoms with Crippen molar-refractivity contribution < 1.29 is 64.6 Å². The van der Waals surface area contributed by atoms with Crippen LogP contribution in [0, 0.1) is 0 Å². The Hall–Kier alpha value is -2.31. The molecule has 9 N–H and O–H groups in total. The van der Waals surface area contributed by atoms with Crippen LogP contribution in [0.15, 0.2) is 60.8 Å². The van der Waals surface area contributed by atoms with Crippen LogP contribution in [-0.2, 0) is 23.7 Å². The van der Waals surface area contributed by atoms with Crippen LogP contribution >= 0.6 is 0 Å². The van der Waals surface area contributed by atoms with Crippen molar-refractivity contribution in [1.29, 1.82) is 0 Å². The third-order valence-corrected chi connectivity index (χ3v) is 12.2. The van der Waals surface area contributed by atoms with Crippen molar-refractivity contribution in [2.24, 2.45) is 0 Å². The van der Waals surface area contributed by atoms with E-state index >= 15 is 0 Å². The Morgan fingerprint density at radius 1 is 0.561 bits per heavy atom. The Morgan fingerprint density at radius 3 is 1.59 bits per heavy atom. The summed E-state index contributed by atoms with van der Waals surface area (Å²) in [5, 5.41) is 86.9. The van der Waals surface area contributed by atoms with Gasteiger partial charge in [-0.1, -0.05) is 164 Å². The van der Waals surface area contributed by atoms with Gasteiger partial charge in [0.15, 0.2) is 12.6 Å². The molecule has 2 rings (SSSR count). The molecule has 0 aromatic heterocycles. The van der Waals surface area contributed by atoms with Gasteiger partial charge in [-0.05, 0) is 57.8 Å². The molecule has 66 heavy (non-hydrogen) atoms. The summed E-state index contributed by atoms with van der Waals surface area (Å²) in [4.78, 5) is 13.2. The molecule has 382 valence electrons. The second kappa shape index (κ2) is 38.5. The summed E-state index contributed by atoms with van der Waals surface area (Å²) in [5.74, 6) is -0.241. The maximum Gasteiger partial charge on any atom is 0.220 e. The first kappa shape index (κ1) is 59.8. The zero-order chi connectivity index (χ0) is 48.2. The van der Waals surface area contributed by atoms with Crippen LogP contribution in [0.1, 0.15) is 168 Å². The molecule has 0 aromatic carbocycles. The maximum atomic E-state index is 13.2. The molecule has 12 unspecified atom stereocenters. The van der Waals surface area contributed by atoms with Gasteiger partial charge in [-0.25, -0.2) is 0 Å². The van der Waals surface area contributed by atoms with E-state index in [4.69, 9.17) is 18.9 Å². The molecule has 14 nitrogen and oxygen atoms in total. The normalized spacial score (nSPS) is 27.3. The molecule has 0 saturated carbocycles. The molecule has 0 radical (unpaired) electrons. The zero-order valence-electron chi connectivity index (χ0n) is 40.4. The number of aliphatic hydroxyl groups excluding tert-OH is 8. The van der Waals surface area contributed by atoms with E-state index in [1.165, 1.54) is 57.8 Å². The van der Waals surface area contributed by atoms with E-state index in [0.717, 1.165) is 77.0 Å². The van der Waals surface area contributed by atoms with Gasteiger partial charge in [-0.2, -0.15) is 0 Å². The third-order valence-electron chi connectivity index (χ3n) is 12.2. The van der Waals surface area contributed by atoms with Gasteiger partial charge >= 0.3 is 0 Å². The first-order valence-corrected chi connectivity index (χ1v) is 25.5. The van der Waals surface area contributed by atoms with Gasteiger partial charge < -0.3 is 65.1 Å². The van der Waals surface area contributed by atoms with Crippen molar-refractivity contribution in [3.63, 3.8) is 0 Å². The lowest BCUT2D eigenvalue weighted by atomic mass is 9.97. The highest BCUT2D eigenvalue weighted by Crippen LogP contribution is 2.30. The molecule has 2 aliphatic rings. The monoisotopic (exact) mass is 938 g/mol. The number of unbranched alkanes of at least 4 members (excludes halogenated alkanes) is 15. The summed E-state index contributed by atoms with van der Waals surface area (Å²) in [6.45, 7) is 2.69. The summed E-state index contributed by atoms with van der Waals surface area (Å²) in [5.41, 5.74) is 0. The smallest absolute Gasteiger partial charge is 0.220 e. The minimum absolute atomic E-state index is 0.241. The Labute approximate surface area is 396 Å². The van der Waals surface area contributed by atoms with E-state index in [2.05, 4.69) is 79.9 Å². The minimum Gasteiger partial charge on any atom is -0.394 e. The second-order valence-corrected chi connectivity index (χ2v) is 17.9. The molecule has 0 aromatic rings. The van der Waals surface area contributed by atoms with E-state index in [0.29, 0.717) is 12.8 Å². The quantitative estimate of drug-likeness (QED) is 0.0234. The number of amides is 1. The largest absolute Gasteiger partial charge is 0.394 e. The summed E-state index contributed by atoms with van der Waals surface area (Å²) in [6, 6.07) is -0.847. The number of ether oxygens (including phenoxy) is 4. The topological polar surface area (TPSA) is 228 Å². The molecule has 1 amide bonds. The molecule has 0 spiro atoms. The Morgan fingerprint density at radius 2 is 1.05 bits per heavy atom. The Kier molecular flexibility index (Phi) is 34.9. The van der Waals surface area contributed by atoms with Crippen LogP contribution in [-0.4, -0.2) is 140 Å². The third kappa shape index (κ3) is 25.3. The highest BCUT2D eigenvalue weighted by atomic mass is 16.7. The van der Waals surface area contributed by atoms with Crippen molar-refractivity contribution in [3.8, 4) is 0 Å². The first-order valence-electron chi connectivity index (χ1n) is 25.5. The molecule has 14 heteroatoms. The summed E-state index contributed by atoms with van der Waals surface area (Å²) >= 11 is 0. The number of rotatable bonds is 38. The van der Waals surface area contributed by atoms with Crippen molar-refractivity contribution in [2.75, 3.05) is 19.8 Å². The fourth-order valence-corrected chi connectivity index (χ4v) is 8.09. The van der Waals surface area contributed by atoms with Crippen LogP contribution < -0.4 is 5.32 Å². The molecular formula is C52H91NO13. The van der Waals surface area contributed by atoms with Crippen molar-refractivity contribution in [3.05, 3.63) is 60.8 Å². The summed E-state index contributed by atoms with van der Waals surface area (Å²) < 4.78 is 22.7. The molecule has 0 aliphatic carbocycles.